The van der Waals surface area contributed by atoms with Gasteiger partial charge in [-0.05, 0) is 30.7 Å². The van der Waals surface area contributed by atoms with Gasteiger partial charge in [0.05, 0.1) is 0 Å². The summed E-state index contributed by atoms with van der Waals surface area (Å²) in [5.41, 5.74) is 0.626. The van der Waals surface area contributed by atoms with Gasteiger partial charge in [0.15, 0.2) is 0 Å². The number of benzene rings is 1. The molecule has 0 aliphatic heterocycles. The lowest BCUT2D eigenvalue weighted by molar-refractivity contribution is -0.139. The van der Waals surface area contributed by atoms with Crippen LogP contribution in [0.25, 0.3) is 0 Å². The molecular weight excluding hydrogens is 241 g/mol. The van der Waals surface area contributed by atoms with E-state index >= 15 is 0 Å². The van der Waals surface area contributed by atoms with E-state index in [9.17, 15) is 14.0 Å². The zero-order chi connectivity index (χ0) is 13.7. The molecule has 1 unspecified atom stereocenters. The summed E-state index contributed by atoms with van der Waals surface area (Å²) in [7, 11) is 0. The molecular formula is C12H14FNO4. The lowest BCUT2D eigenvalue weighted by Crippen LogP contribution is -2.41. The molecule has 1 aromatic rings. The molecule has 0 fully saturated rings. The van der Waals surface area contributed by atoms with Gasteiger partial charge in [0.2, 0.25) is 0 Å². The number of rotatable bonds is 5. The number of aliphatic hydroxyl groups is 1. The molecule has 18 heavy (non-hydrogen) atoms. The van der Waals surface area contributed by atoms with E-state index < -0.39 is 23.7 Å². The van der Waals surface area contributed by atoms with E-state index in [0.29, 0.717) is 5.56 Å². The summed E-state index contributed by atoms with van der Waals surface area (Å²) in [4.78, 5) is 22.6. The van der Waals surface area contributed by atoms with Gasteiger partial charge in [-0.2, -0.15) is 0 Å². The van der Waals surface area contributed by atoms with Crippen LogP contribution in [0.2, 0.25) is 0 Å². The third kappa shape index (κ3) is 3.53. The molecule has 0 aromatic heterocycles. The SMILES string of the molecule is Cc1cc(F)ccc1C(=O)NC(CCO)C(=O)O. The van der Waals surface area contributed by atoms with Crippen LogP contribution >= 0.6 is 0 Å². The van der Waals surface area contributed by atoms with Crippen LogP contribution in [0.5, 0.6) is 0 Å². The highest BCUT2D eigenvalue weighted by Crippen LogP contribution is 2.10. The zero-order valence-corrected chi connectivity index (χ0v) is 9.81. The molecule has 1 amide bonds. The Morgan fingerprint density at radius 1 is 1.44 bits per heavy atom. The molecule has 0 heterocycles. The van der Waals surface area contributed by atoms with Gasteiger partial charge in [-0.15, -0.1) is 0 Å². The summed E-state index contributed by atoms with van der Waals surface area (Å²) in [5.74, 6) is -2.29. The number of carbonyl (C=O) groups excluding carboxylic acids is 1. The minimum atomic E-state index is -1.22. The Labute approximate surface area is 103 Å². The van der Waals surface area contributed by atoms with E-state index in [1.165, 1.54) is 12.1 Å². The van der Waals surface area contributed by atoms with Gasteiger partial charge in [0.25, 0.3) is 5.91 Å². The monoisotopic (exact) mass is 255 g/mol. The van der Waals surface area contributed by atoms with Crippen LogP contribution < -0.4 is 5.32 Å². The van der Waals surface area contributed by atoms with Crippen molar-refractivity contribution in [2.75, 3.05) is 6.61 Å². The number of amides is 1. The van der Waals surface area contributed by atoms with Gasteiger partial charge in [-0.25, -0.2) is 9.18 Å². The fourth-order valence-electron chi connectivity index (χ4n) is 1.50. The van der Waals surface area contributed by atoms with Crippen molar-refractivity contribution in [2.45, 2.75) is 19.4 Å². The molecule has 1 atom stereocenters. The quantitative estimate of drug-likeness (QED) is 0.722. The molecule has 98 valence electrons. The normalized spacial score (nSPS) is 11.9. The topological polar surface area (TPSA) is 86.6 Å². The fourth-order valence-corrected chi connectivity index (χ4v) is 1.50. The molecule has 0 bridgehead atoms. The number of aliphatic carboxylic acids is 1. The van der Waals surface area contributed by atoms with Gasteiger partial charge in [0, 0.05) is 18.6 Å². The molecule has 0 saturated heterocycles. The maximum atomic E-state index is 12.9. The zero-order valence-electron chi connectivity index (χ0n) is 9.81. The maximum Gasteiger partial charge on any atom is 0.326 e. The van der Waals surface area contributed by atoms with Crippen molar-refractivity contribution in [3.63, 3.8) is 0 Å². The molecule has 0 aliphatic carbocycles. The summed E-state index contributed by atoms with van der Waals surface area (Å²) in [6.45, 7) is 1.21. The largest absolute Gasteiger partial charge is 0.480 e. The van der Waals surface area contributed by atoms with Crippen molar-refractivity contribution in [1.29, 1.82) is 0 Å². The number of hydrogen-bond donors (Lipinski definition) is 3. The van der Waals surface area contributed by atoms with Crippen molar-refractivity contribution >= 4 is 11.9 Å². The number of aryl methyl sites for hydroxylation is 1. The summed E-state index contributed by atoms with van der Waals surface area (Å²) in [6, 6.07) is 2.45. The Balaban J connectivity index is 2.83. The Morgan fingerprint density at radius 2 is 2.11 bits per heavy atom. The first kappa shape index (κ1) is 14.1. The van der Waals surface area contributed by atoms with Crippen LogP contribution in [0, 0.1) is 12.7 Å². The van der Waals surface area contributed by atoms with Gasteiger partial charge >= 0.3 is 5.97 Å². The highest BCUT2D eigenvalue weighted by Gasteiger charge is 2.20. The van der Waals surface area contributed by atoms with E-state index in [0.717, 1.165) is 6.07 Å². The first-order valence-electron chi connectivity index (χ1n) is 5.36. The number of halogens is 1. The highest BCUT2D eigenvalue weighted by molar-refractivity contribution is 5.97. The Hall–Kier alpha value is -1.95. The average Bonchev–Trinajstić information content (AvgIpc) is 2.27. The minimum absolute atomic E-state index is 0.0820. The van der Waals surface area contributed by atoms with Crippen molar-refractivity contribution < 1.29 is 24.2 Å². The number of hydrogen-bond acceptors (Lipinski definition) is 3. The molecule has 0 saturated carbocycles. The van der Waals surface area contributed by atoms with Gasteiger partial charge in [0.1, 0.15) is 11.9 Å². The van der Waals surface area contributed by atoms with E-state index in [-0.39, 0.29) is 18.6 Å². The van der Waals surface area contributed by atoms with E-state index in [2.05, 4.69) is 5.32 Å². The minimum Gasteiger partial charge on any atom is -0.480 e. The predicted octanol–water partition coefficient (Wildman–Crippen LogP) is 0.700. The first-order valence-corrected chi connectivity index (χ1v) is 5.36. The standard InChI is InChI=1S/C12H14FNO4/c1-7-6-8(13)2-3-9(7)11(16)14-10(4-5-15)12(17)18/h2-3,6,10,15H,4-5H2,1H3,(H,14,16)(H,17,18). The smallest absolute Gasteiger partial charge is 0.326 e. The summed E-state index contributed by atoms with van der Waals surface area (Å²) >= 11 is 0. The second kappa shape index (κ2) is 6.11. The lowest BCUT2D eigenvalue weighted by Gasteiger charge is -2.14. The molecule has 0 spiro atoms. The third-order valence-electron chi connectivity index (χ3n) is 2.45. The molecule has 1 aromatic carbocycles. The van der Waals surface area contributed by atoms with E-state index in [1.54, 1.807) is 6.92 Å². The molecule has 0 aliphatic rings. The van der Waals surface area contributed by atoms with Gasteiger partial charge in [-0.1, -0.05) is 0 Å². The fraction of sp³-hybridized carbons (Fsp3) is 0.333. The van der Waals surface area contributed by atoms with Crippen LogP contribution in [0.1, 0.15) is 22.3 Å². The number of nitrogens with one attached hydrogen (secondary N) is 1. The highest BCUT2D eigenvalue weighted by atomic mass is 19.1. The Morgan fingerprint density at radius 3 is 2.61 bits per heavy atom. The maximum absolute atomic E-state index is 12.9. The van der Waals surface area contributed by atoms with E-state index in [1.807, 2.05) is 0 Å². The molecule has 5 nitrogen and oxygen atoms in total. The number of carbonyl (C=O) groups is 2. The second-order valence-electron chi connectivity index (χ2n) is 3.84. The molecule has 3 N–H and O–H groups in total. The van der Waals surface area contributed by atoms with E-state index in [4.69, 9.17) is 10.2 Å². The van der Waals surface area contributed by atoms with Crippen molar-refractivity contribution in [3.8, 4) is 0 Å². The summed E-state index contributed by atoms with van der Waals surface area (Å²) < 4.78 is 12.9. The average molecular weight is 255 g/mol. The van der Waals surface area contributed by atoms with Crippen LogP contribution in [0.15, 0.2) is 18.2 Å². The Kier molecular flexibility index (Phi) is 4.79. The first-order chi connectivity index (χ1) is 8.45. The van der Waals surface area contributed by atoms with Crippen LogP contribution in [0.3, 0.4) is 0 Å². The Bertz CT molecular complexity index is 461. The van der Waals surface area contributed by atoms with Crippen molar-refractivity contribution in [3.05, 3.63) is 35.1 Å². The second-order valence-corrected chi connectivity index (χ2v) is 3.84. The number of carboxylic acid groups (broad SMARTS) is 1. The summed E-state index contributed by atoms with van der Waals surface area (Å²) in [6.07, 6.45) is -0.0820. The van der Waals surface area contributed by atoms with Crippen LogP contribution in [-0.2, 0) is 4.79 Å². The lowest BCUT2D eigenvalue weighted by atomic mass is 10.1. The van der Waals surface area contributed by atoms with Crippen molar-refractivity contribution in [2.24, 2.45) is 0 Å². The van der Waals surface area contributed by atoms with Gasteiger partial charge in [-0.3, -0.25) is 4.79 Å². The molecule has 6 heteroatoms. The van der Waals surface area contributed by atoms with Gasteiger partial charge < -0.3 is 15.5 Å². The number of carboxylic acids is 1. The van der Waals surface area contributed by atoms with Crippen LogP contribution in [-0.4, -0.2) is 34.7 Å². The third-order valence-corrected chi connectivity index (χ3v) is 2.45. The van der Waals surface area contributed by atoms with Crippen LogP contribution in [0.4, 0.5) is 4.39 Å². The molecule has 1 rings (SSSR count). The molecule has 0 radical (unpaired) electrons. The predicted molar refractivity (Wildman–Crippen MR) is 61.7 cm³/mol. The van der Waals surface area contributed by atoms with Crippen molar-refractivity contribution in [1.82, 2.24) is 5.32 Å². The summed E-state index contributed by atoms with van der Waals surface area (Å²) in [5, 5.41) is 19.8. The number of aliphatic hydroxyl groups excluding tert-OH is 1.